The number of ether oxygens (including phenoxy) is 1. The van der Waals surface area contributed by atoms with E-state index in [4.69, 9.17) is 44.5 Å². The quantitative estimate of drug-likeness (QED) is 0.0840. The Hall–Kier alpha value is -7.76. The highest BCUT2D eigenvalue weighted by atomic mass is 35.5. The maximum Gasteiger partial charge on any atom is 0.319 e. The van der Waals surface area contributed by atoms with Crippen LogP contribution in [0.15, 0.2) is 104 Å². The lowest BCUT2D eigenvalue weighted by atomic mass is 10.0. The number of amides is 2. The molecule has 22 heteroatoms. The number of nitriles is 1. The SMILES string of the molecule is C=C(F)C(=O)N1CCN(c2nc(OC[C@@H]3CCCN3C/C=C/C(=O)N3C[C@H](C)N(c4ncnc5c(F)c(-c6cccc7ccc(F)c(Cl)c67)ncc45)[C@@H](C)C3)nc3c(F)c(-c4cccc5ccc(Cl)c(Cl)c45)ncc23)C[C@@H]1CC#N. The van der Waals surface area contributed by atoms with Crippen LogP contribution < -0.4 is 14.5 Å². The van der Waals surface area contributed by atoms with Crippen LogP contribution in [-0.2, 0) is 9.59 Å². The number of benzene rings is 4. The summed E-state index contributed by atoms with van der Waals surface area (Å²) in [5.74, 6) is -3.61. The summed E-state index contributed by atoms with van der Waals surface area (Å²) in [6.07, 6.45) is 9.17. The van der Waals surface area contributed by atoms with Crippen molar-refractivity contribution in [2.24, 2.45) is 0 Å². The summed E-state index contributed by atoms with van der Waals surface area (Å²) in [5.41, 5.74) is 0.597. The number of anilines is 2. The van der Waals surface area contributed by atoms with Crippen molar-refractivity contribution in [2.75, 3.05) is 62.2 Å². The van der Waals surface area contributed by atoms with Gasteiger partial charge in [0.2, 0.25) is 5.91 Å². The van der Waals surface area contributed by atoms with E-state index in [1.165, 1.54) is 29.7 Å². The van der Waals surface area contributed by atoms with Gasteiger partial charge in [0.05, 0.1) is 44.4 Å². The van der Waals surface area contributed by atoms with Crippen molar-refractivity contribution >= 4 is 102 Å². The summed E-state index contributed by atoms with van der Waals surface area (Å²) in [4.78, 5) is 63.1. The number of nitrogens with zero attached hydrogens (tertiary/aromatic N) is 12. The van der Waals surface area contributed by atoms with Crippen LogP contribution >= 0.6 is 34.8 Å². The largest absolute Gasteiger partial charge is 0.462 e. The standard InChI is InChI=1S/C58H49Cl3F4N12O3/c1-31-26-75(27-32(2)77(31)55-40-24-67-51(49(64)53(40)69-30-70-55)39-12-5-9-35-15-17-43(63)48(61)46(35)39)44(78)13-7-21-73-20-6-10-37(73)29-80-58-71-54-41(56(72-58)74-22-23-76(57(79)33(3)62)36(28-74)18-19-66)25-68-52(50(54)65)38-11-4-8-34-14-16-42(59)47(60)45(34)38/h4-5,7-9,11-17,24-25,30-32,36-37H,3,6,10,18,20-23,26-29H2,1-2H3/b13-7+/t31-,32-,36-,37-/m0/s1. The monoisotopic (exact) mass is 1140 g/mol. The van der Waals surface area contributed by atoms with E-state index in [0.29, 0.717) is 63.5 Å². The molecule has 0 N–H and O–H groups in total. The molecule has 11 rings (SSSR count). The highest BCUT2D eigenvalue weighted by Crippen LogP contribution is 2.42. The fraction of sp³-hybridized carbons (Fsp3) is 0.293. The summed E-state index contributed by atoms with van der Waals surface area (Å²) in [6, 6.07) is 17.3. The lowest BCUT2D eigenvalue weighted by Crippen LogP contribution is -2.58. The maximum atomic E-state index is 17.2. The first-order chi connectivity index (χ1) is 38.6. The fourth-order valence-corrected chi connectivity index (χ4v) is 12.2. The molecule has 15 nitrogen and oxygen atoms in total. The van der Waals surface area contributed by atoms with Gasteiger partial charge in [-0.1, -0.05) is 96.0 Å². The molecule has 0 unspecified atom stereocenters. The van der Waals surface area contributed by atoms with E-state index < -0.39 is 35.2 Å². The smallest absolute Gasteiger partial charge is 0.319 e. The van der Waals surface area contributed by atoms with Gasteiger partial charge in [0, 0.05) is 97.8 Å². The number of carbonyl (C=O) groups is 2. The summed E-state index contributed by atoms with van der Waals surface area (Å²) in [7, 11) is 0. The molecule has 3 aliphatic rings. The van der Waals surface area contributed by atoms with Crippen LogP contribution in [0.5, 0.6) is 6.01 Å². The van der Waals surface area contributed by atoms with Crippen LogP contribution in [0, 0.1) is 28.8 Å². The average molecular weight is 1140 g/mol. The predicted molar refractivity (Wildman–Crippen MR) is 301 cm³/mol. The Morgan fingerprint density at radius 2 is 1.45 bits per heavy atom. The number of aromatic nitrogens is 6. The Morgan fingerprint density at radius 1 is 0.787 bits per heavy atom. The van der Waals surface area contributed by atoms with Crippen LogP contribution in [0.4, 0.5) is 29.2 Å². The van der Waals surface area contributed by atoms with Gasteiger partial charge >= 0.3 is 6.01 Å². The van der Waals surface area contributed by atoms with Crippen LogP contribution in [0.1, 0.15) is 33.1 Å². The fourth-order valence-electron chi connectivity index (χ4n) is 11.5. The van der Waals surface area contributed by atoms with Crippen molar-refractivity contribution in [3.05, 3.63) is 136 Å². The molecule has 3 aliphatic heterocycles. The number of pyridine rings is 2. The van der Waals surface area contributed by atoms with Crippen molar-refractivity contribution in [3.8, 4) is 34.6 Å². The third-order valence-electron chi connectivity index (χ3n) is 15.2. The Labute approximate surface area is 471 Å². The molecule has 4 aromatic carbocycles. The van der Waals surface area contributed by atoms with Crippen molar-refractivity contribution in [1.82, 2.24) is 44.6 Å². The molecule has 0 aliphatic carbocycles. The first-order valence-electron chi connectivity index (χ1n) is 25.9. The molecule has 2 amide bonds. The van der Waals surface area contributed by atoms with Crippen molar-refractivity contribution in [3.63, 3.8) is 0 Å². The van der Waals surface area contributed by atoms with Crippen LogP contribution in [-0.4, -0.2) is 133 Å². The van der Waals surface area contributed by atoms with Crippen LogP contribution in [0.3, 0.4) is 0 Å². The molecule has 0 saturated carbocycles. The van der Waals surface area contributed by atoms with Gasteiger partial charge in [0.15, 0.2) is 17.5 Å². The summed E-state index contributed by atoms with van der Waals surface area (Å²) < 4.78 is 68.8. The lowest BCUT2D eigenvalue weighted by Gasteiger charge is -2.45. The zero-order valence-corrected chi connectivity index (χ0v) is 45.5. The number of halogens is 7. The Morgan fingerprint density at radius 3 is 2.14 bits per heavy atom. The van der Waals surface area contributed by atoms with Crippen molar-refractivity contribution in [2.45, 2.75) is 57.3 Å². The van der Waals surface area contributed by atoms with Crippen molar-refractivity contribution in [1.29, 1.82) is 5.26 Å². The highest BCUT2D eigenvalue weighted by molar-refractivity contribution is 6.46. The molecule has 0 bridgehead atoms. The minimum absolute atomic E-state index is 0.0244. The first-order valence-corrected chi connectivity index (χ1v) is 27.0. The first kappa shape index (κ1) is 54.2. The van der Waals surface area contributed by atoms with Gasteiger partial charge < -0.3 is 24.3 Å². The van der Waals surface area contributed by atoms with Gasteiger partial charge in [0.1, 0.15) is 52.8 Å². The molecule has 8 aromatic rings. The second-order valence-corrected chi connectivity index (χ2v) is 21.3. The van der Waals surface area contributed by atoms with E-state index in [1.54, 1.807) is 64.4 Å². The number of hydrogen-bond donors (Lipinski definition) is 0. The second kappa shape index (κ2) is 22.4. The van der Waals surface area contributed by atoms with E-state index in [2.05, 4.69) is 42.5 Å². The van der Waals surface area contributed by atoms with Gasteiger partial charge in [-0.05, 0) is 56.1 Å². The molecule has 4 aromatic heterocycles. The topological polar surface area (TPSA) is 161 Å². The second-order valence-electron chi connectivity index (χ2n) is 20.1. The Balaban J connectivity index is 0.798. The molecule has 3 saturated heterocycles. The Bertz CT molecular complexity index is 3890. The van der Waals surface area contributed by atoms with Crippen molar-refractivity contribution < 1.29 is 31.9 Å². The van der Waals surface area contributed by atoms with E-state index in [-0.39, 0.29) is 111 Å². The minimum Gasteiger partial charge on any atom is -0.462 e. The normalized spacial score (nSPS) is 19.0. The summed E-state index contributed by atoms with van der Waals surface area (Å²) >= 11 is 19.5. The summed E-state index contributed by atoms with van der Waals surface area (Å²) in [6.45, 7) is 9.31. The molecule has 4 atom stereocenters. The zero-order valence-electron chi connectivity index (χ0n) is 43.2. The maximum absolute atomic E-state index is 17.2. The lowest BCUT2D eigenvalue weighted by molar-refractivity contribution is -0.131. The number of piperazine rings is 2. The zero-order chi connectivity index (χ0) is 56.1. The number of likely N-dealkylation sites (tertiary alicyclic amines) is 1. The number of hydrogen-bond acceptors (Lipinski definition) is 13. The average Bonchev–Trinajstić information content (AvgIpc) is 3.91. The molecule has 3 fully saturated rings. The third-order valence-corrected chi connectivity index (χ3v) is 16.4. The van der Waals surface area contributed by atoms with Crippen LogP contribution in [0.2, 0.25) is 15.1 Å². The van der Waals surface area contributed by atoms with Gasteiger partial charge in [-0.15, -0.1) is 0 Å². The minimum atomic E-state index is -1.14. The van der Waals surface area contributed by atoms with E-state index in [9.17, 15) is 23.6 Å². The van der Waals surface area contributed by atoms with Gasteiger partial charge in [-0.25, -0.2) is 27.5 Å². The van der Waals surface area contributed by atoms with Gasteiger partial charge in [0.25, 0.3) is 5.91 Å². The van der Waals surface area contributed by atoms with Crippen LogP contribution in [0.25, 0.3) is 65.9 Å². The molecule has 80 heavy (non-hydrogen) atoms. The predicted octanol–water partition coefficient (Wildman–Crippen LogP) is 11.3. The number of fused-ring (bicyclic) bond motifs is 4. The number of rotatable bonds is 12. The van der Waals surface area contributed by atoms with E-state index in [1.807, 2.05) is 30.9 Å². The van der Waals surface area contributed by atoms with Gasteiger partial charge in [-0.2, -0.15) is 15.2 Å². The third kappa shape index (κ3) is 10.0. The van der Waals surface area contributed by atoms with E-state index in [0.717, 1.165) is 19.4 Å². The summed E-state index contributed by atoms with van der Waals surface area (Å²) in [5, 5.41) is 12.9. The highest BCUT2D eigenvalue weighted by Gasteiger charge is 2.36. The Kier molecular flexibility index (Phi) is 15.2. The van der Waals surface area contributed by atoms with Gasteiger partial charge in [-0.3, -0.25) is 24.5 Å². The molecular formula is C58H49Cl3F4N12O3. The molecule has 408 valence electrons. The molecule has 0 radical (unpaired) electrons. The molecule has 0 spiro atoms. The molecular weight excluding hydrogens is 1100 g/mol. The molecule has 7 heterocycles. The number of carbonyl (C=O) groups excluding carboxylic acids is 2. The van der Waals surface area contributed by atoms with E-state index >= 15 is 8.78 Å².